The van der Waals surface area contributed by atoms with Gasteiger partial charge in [0.2, 0.25) is 17.7 Å². The Balaban J connectivity index is 1.44. The van der Waals surface area contributed by atoms with Crippen molar-refractivity contribution in [2.24, 2.45) is 11.1 Å². The average molecular weight is 922 g/mol. The van der Waals surface area contributed by atoms with Gasteiger partial charge in [-0.15, -0.1) is 0 Å². The zero-order valence-electron chi connectivity index (χ0n) is 35.7. The predicted molar refractivity (Wildman–Crippen MR) is 231 cm³/mol. The minimum Gasteiger partial charge on any atom is -0.484 e. The summed E-state index contributed by atoms with van der Waals surface area (Å²) in [4.78, 5) is 114. The van der Waals surface area contributed by atoms with Gasteiger partial charge in [-0.1, -0.05) is 59.8 Å². The van der Waals surface area contributed by atoms with Gasteiger partial charge < -0.3 is 51.3 Å². The van der Waals surface area contributed by atoms with E-state index >= 15 is 0 Å². The van der Waals surface area contributed by atoms with Crippen LogP contribution in [0.15, 0.2) is 84.0 Å². The Morgan fingerprint density at radius 1 is 0.621 bits per heavy atom. The zero-order valence-corrected chi connectivity index (χ0v) is 35.7. The van der Waals surface area contributed by atoms with Gasteiger partial charge in [0.1, 0.15) is 29.7 Å². The van der Waals surface area contributed by atoms with Crippen LogP contribution in [0.25, 0.3) is 0 Å². The van der Waals surface area contributed by atoms with Crippen LogP contribution in [0.3, 0.4) is 0 Å². The quantitative estimate of drug-likeness (QED) is 0.0261. The van der Waals surface area contributed by atoms with Gasteiger partial charge in [-0.2, -0.15) is 0 Å². The molecule has 0 radical (unpaired) electrons. The molecule has 3 aromatic carbocycles. The minimum atomic E-state index is -1.38. The van der Waals surface area contributed by atoms with Gasteiger partial charge in [0.15, 0.2) is 19.0 Å². The van der Waals surface area contributed by atoms with E-state index in [0.29, 0.717) is 11.1 Å². The van der Waals surface area contributed by atoms with Gasteiger partial charge in [-0.25, -0.2) is 14.0 Å². The van der Waals surface area contributed by atoms with E-state index in [4.69, 9.17) is 14.7 Å². The molecule has 0 heterocycles. The molecule has 4 amide bonds. The topological polar surface area (TPSA) is 313 Å². The lowest BCUT2D eigenvalue weighted by molar-refractivity contribution is -0.146. The van der Waals surface area contributed by atoms with Crippen molar-refractivity contribution in [3.05, 3.63) is 101 Å². The third-order valence-corrected chi connectivity index (χ3v) is 9.64. The van der Waals surface area contributed by atoms with Gasteiger partial charge in [0.25, 0.3) is 5.91 Å². The largest absolute Gasteiger partial charge is 0.484 e. The highest BCUT2D eigenvalue weighted by atomic mass is 19.1. The molecule has 0 aromatic heterocycles. The van der Waals surface area contributed by atoms with Gasteiger partial charge >= 0.3 is 23.9 Å². The van der Waals surface area contributed by atoms with Crippen LogP contribution in [-0.2, 0) is 60.8 Å². The molecule has 0 fully saturated rings. The number of hydrogen-bond acceptors (Lipinski definition) is 12. The second kappa shape index (κ2) is 28.2. The molecule has 0 aliphatic rings. The van der Waals surface area contributed by atoms with Gasteiger partial charge in [-0.3, -0.25) is 33.6 Å². The Bertz CT molecular complexity index is 2150. The maximum atomic E-state index is 13.3. The monoisotopic (exact) mass is 921 g/mol. The van der Waals surface area contributed by atoms with Crippen molar-refractivity contribution in [1.29, 1.82) is 0 Å². The summed E-state index contributed by atoms with van der Waals surface area (Å²) in [7, 11) is 0. The van der Waals surface area contributed by atoms with Gasteiger partial charge in [-0.05, 0) is 66.6 Å². The van der Waals surface area contributed by atoms with Crippen LogP contribution in [0.4, 0.5) is 4.39 Å². The number of carbonyl (C=O) groups is 9. The number of ether oxygens (including phenoxy) is 1. The number of carbonyl (C=O) groups excluding carboxylic acids is 5. The number of aliphatic carboxylic acids is 4. The first kappa shape index (κ1) is 52.6. The van der Waals surface area contributed by atoms with Gasteiger partial charge in [0.05, 0.1) is 12.1 Å². The number of Topliss-reactive ketones (excluding diaryl/α,β-unsaturated/α-hetero) is 1. The number of nitrogens with zero attached hydrogens (tertiary/aromatic N) is 1. The van der Waals surface area contributed by atoms with E-state index in [0.717, 1.165) is 5.56 Å². The molecule has 3 aromatic rings. The summed E-state index contributed by atoms with van der Waals surface area (Å²) in [5.41, 5.74) is 1.79. The second-order valence-electron chi connectivity index (χ2n) is 14.9. The Morgan fingerprint density at radius 2 is 1.24 bits per heavy atom. The average Bonchev–Trinajstić information content (AvgIpc) is 3.27. The molecule has 0 bridgehead atoms. The molecule has 66 heavy (non-hydrogen) atoms. The number of benzene rings is 3. The molecule has 354 valence electrons. The van der Waals surface area contributed by atoms with Crippen molar-refractivity contribution < 1.29 is 77.5 Å². The molecule has 8 N–H and O–H groups in total. The van der Waals surface area contributed by atoms with E-state index in [9.17, 15) is 62.9 Å². The first-order valence-corrected chi connectivity index (χ1v) is 20.7. The number of carboxylic acid groups (broad SMARTS) is 4. The first-order chi connectivity index (χ1) is 31.5. The zero-order chi connectivity index (χ0) is 48.4. The number of amides is 4. The Hall–Kier alpha value is -7.71. The fraction of sp³-hybridized carbons (Fsp3) is 0.378. The predicted octanol–water partition coefficient (Wildman–Crippen LogP) is 2.26. The summed E-state index contributed by atoms with van der Waals surface area (Å²) in [6.45, 7) is -0.840. The van der Waals surface area contributed by atoms with Crippen molar-refractivity contribution in [2.75, 3.05) is 19.8 Å². The molecule has 0 spiro atoms. The third-order valence-electron chi connectivity index (χ3n) is 9.64. The normalized spacial score (nSPS) is 12.7. The van der Waals surface area contributed by atoms with E-state index < -0.39 is 109 Å². The fourth-order valence-electron chi connectivity index (χ4n) is 6.10. The van der Waals surface area contributed by atoms with Crippen LogP contribution >= 0.6 is 0 Å². The molecule has 0 saturated carbocycles. The van der Waals surface area contributed by atoms with Crippen molar-refractivity contribution in [2.45, 2.75) is 82.3 Å². The maximum absolute atomic E-state index is 13.3. The molecule has 0 unspecified atom stereocenters. The van der Waals surface area contributed by atoms with E-state index in [-0.39, 0.29) is 63.7 Å². The summed E-state index contributed by atoms with van der Waals surface area (Å²) < 4.78 is 18.6. The molecule has 0 aliphatic heterocycles. The van der Waals surface area contributed by atoms with Crippen molar-refractivity contribution in [3.63, 3.8) is 0 Å². The Kier molecular flexibility index (Phi) is 22.5. The van der Waals surface area contributed by atoms with Gasteiger partial charge in [0, 0.05) is 45.1 Å². The van der Waals surface area contributed by atoms with Crippen LogP contribution in [-0.4, -0.2) is 118 Å². The van der Waals surface area contributed by atoms with Crippen LogP contribution in [0.1, 0.15) is 68.1 Å². The number of oxime groups is 1. The molecular formula is C45H52FN5O15. The highest BCUT2D eigenvalue weighted by Gasteiger charge is 2.27. The molecule has 20 nitrogen and oxygen atoms in total. The number of ketones is 1. The lowest BCUT2D eigenvalue weighted by atomic mass is 9.98. The Morgan fingerprint density at radius 3 is 1.88 bits per heavy atom. The molecule has 0 aliphatic carbocycles. The minimum absolute atomic E-state index is 0.0518. The number of hydrogen-bond donors (Lipinski definition) is 8. The number of rotatable bonds is 31. The summed E-state index contributed by atoms with van der Waals surface area (Å²) >= 11 is 0. The molecule has 21 heteroatoms. The lowest BCUT2D eigenvalue weighted by Gasteiger charge is -2.19. The molecule has 0 saturated heterocycles. The third kappa shape index (κ3) is 21.1. The second-order valence-corrected chi connectivity index (χ2v) is 14.9. The van der Waals surface area contributed by atoms with E-state index in [2.05, 4.69) is 26.4 Å². The Labute approximate surface area is 377 Å². The van der Waals surface area contributed by atoms with Crippen molar-refractivity contribution in [3.8, 4) is 5.75 Å². The number of carboxylic acids is 4. The SMILES string of the molecule is O=C(O)CC[C@H](CC(=O)N[C@@H](CCCCNC(=O)[C@H](Cc1ccccc1)NC(=O)COc1ccc(C[C@H](NC(=O)CCC(=O)CO/N=C/c2ccc(F)cc2)C(=O)O)cc1)C(=O)O)C(=O)O. The van der Waals surface area contributed by atoms with Crippen LogP contribution in [0.5, 0.6) is 5.75 Å². The van der Waals surface area contributed by atoms with Crippen molar-refractivity contribution in [1.82, 2.24) is 21.3 Å². The van der Waals surface area contributed by atoms with E-state index in [1.54, 1.807) is 42.5 Å². The summed E-state index contributed by atoms with van der Waals surface area (Å²) in [6, 6.07) is 16.6. The number of halogens is 1. The van der Waals surface area contributed by atoms with Crippen LogP contribution in [0.2, 0.25) is 0 Å². The van der Waals surface area contributed by atoms with E-state index in [1.165, 1.54) is 42.6 Å². The number of unbranched alkanes of at least 4 members (excludes halogenated alkanes) is 1. The highest BCUT2D eigenvalue weighted by molar-refractivity contribution is 5.89. The standard InChI is InChI=1S/C45H52FN5O15/c46-32-14-9-30(10-15-32)25-48-66-26-33(52)16-19-38(53)51-37(45(63)64)23-29-11-17-34(18-12-29)65-27-40(55)50-36(22-28-6-2-1-3-7-28)42(58)47-21-5-4-8-35(44(61)62)49-39(54)24-31(43(59)60)13-20-41(56)57/h1-3,6-7,9-12,14-15,17-18,25,31,35-37H,4-5,8,13,16,19-24,26-27H2,(H,47,58)(H,49,54)(H,50,55)(H,51,53)(H,56,57)(H,59,60)(H,61,62)(H,63,64)/b48-25+/t31-,35+,36+,37+/m1/s1. The van der Waals surface area contributed by atoms with Crippen LogP contribution in [0, 0.1) is 11.7 Å². The molecule has 4 atom stereocenters. The fourth-order valence-corrected chi connectivity index (χ4v) is 6.10. The summed E-state index contributed by atoms with van der Waals surface area (Å²) in [6.07, 6.45) is -0.164. The van der Waals surface area contributed by atoms with Crippen LogP contribution < -0.4 is 26.0 Å². The first-order valence-electron chi connectivity index (χ1n) is 20.7. The summed E-state index contributed by atoms with van der Waals surface area (Å²) in [5.74, 6) is -9.93. The molecular weight excluding hydrogens is 870 g/mol. The number of nitrogens with one attached hydrogen (secondary N) is 4. The van der Waals surface area contributed by atoms with E-state index in [1.807, 2.05) is 0 Å². The smallest absolute Gasteiger partial charge is 0.326 e. The lowest BCUT2D eigenvalue weighted by Crippen LogP contribution is -2.49. The summed E-state index contributed by atoms with van der Waals surface area (Å²) in [5, 5.41) is 51.1. The highest BCUT2D eigenvalue weighted by Crippen LogP contribution is 2.15. The maximum Gasteiger partial charge on any atom is 0.326 e. The van der Waals surface area contributed by atoms with Crippen molar-refractivity contribution >= 4 is 59.5 Å². The molecule has 3 rings (SSSR count).